The van der Waals surface area contributed by atoms with Gasteiger partial charge < -0.3 is 14.9 Å². The third-order valence-electron chi connectivity index (χ3n) is 7.11. The summed E-state index contributed by atoms with van der Waals surface area (Å²) in [6, 6.07) is 19.9. The standard InChI is InChI=1S/C27H34N2O3/c30-25(12-11-21-7-3-1-4-8-21)28-17-15-24(16-18-28)27(32)29-19-13-23(14-20-29)26(31)22-9-5-2-6-10-22/h1-10,23-24,26,31H,11-20H2. The van der Waals surface area contributed by atoms with Crippen LogP contribution in [0.4, 0.5) is 0 Å². The van der Waals surface area contributed by atoms with Crippen LogP contribution in [0.5, 0.6) is 0 Å². The van der Waals surface area contributed by atoms with Crippen LogP contribution < -0.4 is 0 Å². The number of benzene rings is 2. The predicted octanol–water partition coefficient (Wildman–Crippen LogP) is 3.83. The molecule has 2 saturated heterocycles. The third-order valence-corrected chi connectivity index (χ3v) is 7.11. The zero-order valence-electron chi connectivity index (χ0n) is 18.7. The van der Waals surface area contributed by atoms with Crippen LogP contribution in [0, 0.1) is 11.8 Å². The van der Waals surface area contributed by atoms with E-state index in [1.54, 1.807) is 0 Å². The number of nitrogens with zero attached hydrogens (tertiary/aromatic N) is 2. The van der Waals surface area contributed by atoms with Crippen LogP contribution in [0.25, 0.3) is 0 Å². The van der Waals surface area contributed by atoms with Crippen LogP contribution in [0.3, 0.4) is 0 Å². The Bertz CT molecular complexity index is 870. The van der Waals surface area contributed by atoms with Gasteiger partial charge in [-0.3, -0.25) is 9.59 Å². The van der Waals surface area contributed by atoms with Gasteiger partial charge in [0.2, 0.25) is 11.8 Å². The van der Waals surface area contributed by atoms with E-state index in [1.807, 2.05) is 58.3 Å². The molecule has 2 aliphatic heterocycles. The van der Waals surface area contributed by atoms with Crippen molar-refractivity contribution in [1.82, 2.24) is 9.80 Å². The Morgan fingerprint density at radius 2 is 1.38 bits per heavy atom. The van der Waals surface area contributed by atoms with Crippen molar-refractivity contribution in [2.24, 2.45) is 11.8 Å². The fraction of sp³-hybridized carbons (Fsp3) is 0.481. The molecule has 0 saturated carbocycles. The SMILES string of the molecule is O=C(CCc1ccccc1)N1CCC(C(=O)N2CCC(C(O)c3ccccc3)CC2)CC1. The van der Waals surface area contributed by atoms with Crippen molar-refractivity contribution in [2.45, 2.75) is 44.6 Å². The van der Waals surface area contributed by atoms with Crippen molar-refractivity contribution >= 4 is 11.8 Å². The van der Waals surface area contributed by atoms with Crippen molar-refractivity contribution in [1.29, 1.82) is 0 Å². The molecule has 0 radical (unpaired) electrons. The smallest absolute Gasteiger partial charge is 0.225 e. The molecular weight excluding hydrogens is 400 g/mol. The molecule has 2 heterocycles. The average molecular weight is 435 g/mol. The number of rotatable bonds is 6. The van der Waals surface area contributed by atoms with E-state index in [9.17, 15) is 14.7 Å². The van der Waals surface area contributed by atoms with Crippen LogP contribution in [-0.4, -0.2) is 52.9 Å². The van der Waals surface area contributed by atoms with Gasteiger partial charge in [0.25, 0.3) is 0 Å². The van der Waals surface area contributed by atoms with Gasteiger partial charge in [-0.2, -0.15) is 0 Å². The van der Waals surface area contributed by atoms with Crippen LogP contribution in [0.1, 0.15) is 49.3 Å². The number of carbonyl (C=O) groups excluding carboxylic acids is 2. The first-order valence-corrected chi connectivity index (χ1v) is 12.0. The number of piperidine rings is 2. The van der Waals surface area contributed by atoms with E-state index in [4.69, 9.17) is 0 Å². The first-order chi connectivity index (χ1) is 15.6. The molecule has 4 rings (SSSR count). The van der Waals surface area contributed by atoms with Crippen molar-refractivity contribution in [2.75, 3.05) is 26.2 Å². The normalized spacial score (nSPS) is 19.0. The second-order valence-electron chi connectivity index (χ2n) is 9.16. The Morgan fingerprint density at radius 3 is 2.00 bits per heavy atom. The molecule has 0 aliphatic carbocycles. The van der Waals surface area contributed by atoms with Gasteiger partial charge in [0, 0.05) is 38.5 Å². The summed E-state index contributed by atoms with van der Waals surface area (Å²) >= 11 is 0. The highest BCUT2D eigenvalue weighted by atomic mass is 16.3. The zero-order valence-corrected chi connectivity index (χ0v) is 18.7. The molecule has 2 fully saturated rings. The monoisotopic (exact) mass is 434 g/mol. The summed E-state index contributed by atoms with van der Waals surface area (Å²) in [7, 11) is 0. The molecule has 2 aromatic carbocycles. The minimum atomic E-state index is -0.460. The summed E-state index contributed by atoms with van der Waals surface area (Å²) in [4.78, 5) is 29.5. The minimum Gasteiger partial charge on any atom is -0.388 e. The maximum atomic E-state index is 13.0. The lowest BCUT2D eigenvalue weighted by Gasteiger charge is -2.38. The quantitative estimate of drug-likeness (QED) is 0.752. The van der Waals surface area contributed by atoms with Crippen molar-refractivity contribution in [3.63, 3.8) is 0 Å². The molecule has 1 atom stereocenters. The van der Waals surface area contributed by atoms with E-state index in [0.717, 1.165) is 37.7 Å². The summed E-state index contributed by atoms with van der Waals surface area (Å²) in [5, 5.41) is 10.7. The Balaban J connectivity index is 1.20. The molecule has 32 heavy (non-hydrogen) atoms. The van der Waals surface area contributed by atoms with Gasteiger partial charge in [-0.25, -0.2) is 0 Å². The number of amides is 2. The lowest BCUT2D eigenvalue weighted by Crippen LogP contribution is -2.47. The Hall–Kier alpha value is -2.66. The van der Waals surface area contributed by atoms with Crippen molar-refractivity contribution in [3.05, 3.63) is 71.8 Å². The van der Waals surface area contributed by atoms with E-state index >= 15 is 0 Å². The first kappa shape index (κ1) is 22.5. The summed E-state index contributed by atoms with van der Waals surface area (Å²) in [5.74, 6) is 0.638. The maximum Gasteiger partial charge on any atom is 0.225 e. The second kappa shape index (κ2) is 10.8. The molecule has 170 valence electrons. The fourth-order valence-corrected chi connectivity index (χ4v) is 5.05. The number of aliphatic hydroxyl groups is 1. The predicted molar refractivity (Wildman–Crippen MR) is 125 cm³/mol. The van der Waals surface area contributed by atoms with Gasteiger partial charge in [0.05, 0.1) is 6.10 Å². The molecule has 2 aromatic rings. The number of hydrogen-bond acceptors (Lipinski definition) is 3. The van der Waals surface area contributed by atoms with Gasteiger partial charge in [-0.05, 0) is 49.1 Å². The highest BCUT2D eigenvalue weighted by Gasteiger charge is 2.33. The Kier molecular flexibility index (Phi) is 7.59. The maximum absolute atomic E-state index is 13.0. The molecule has 0 spiro atoms. The third kappa shape index (κ3) is 5.57. The Morgan fingerprint density at radius 1 is 0.812 bits per heavy atom. The molecule has 1 unspecified atom stereocenters. The van der Waals surface area contributed by atoms with E-state index in [1.165, 1.54) is 5.56 Å². The van der Waals surface area contributed by atoms with Crippen LogP contribution in [-0.2, 0) is 16.0 Å². The van der Waals surface area contributed by atoms with Gasteiger partial charge in [0.1, 0.15) is 0 Å². The average Bonchev–Trinajstić information content (AvgIpc) is 2.88. The summed E-state index contributed by atoms with van der Waals surface area (Å²) in [6.07, 6.45) is 4.00. The summed E-state index contributed by atoms with van der Waals surface area (Å²) in [5.41, 5.74) is 2.15. The largest absolute Gasteiger partial charge is 0.388 e. The second-order valence-corrected chi connectivity index (χ2v) is 9.16. The van der Waals surface area contributed by atoms with Crippen molar-refractivity contribution in [3.8, 4) is 0 Å². The van der Waals surface area contributed by atoms with Gasteiger partial charge in [-0.1, -0.05) is 60.7 Å². The minimum absolute atomic E-state index is 0.0174. The molecule has 2 amide bonds. The van der Waals surface area contributed by atoms with Gasteiger partial charge in [-0.15, -0.1) is 0 Å². The van der Waals surface area contributed by atoms with E-state index in [-0.39, 0.29) is 23.7 Å². The lowest BCUT2D eigenvalue weighted by atomic mass is 9.86. The van der Waals surface area contributed by atoms with Gasteiger partial charge in [0.15, 0.2) is 0 Å². The van der Waals surface area contributed by atoms with E-state index in [2.05, 4.69) is 12.1 Å². The highest BCUT2D eigenvalue weighted by molar-refractivity contribution is 5.80. The van der Waals surface area contributed by atoms with Crippen LogP contribution in [0.2, 0.25) is 0 Å². The number of carbonyl (C=O) groups is 2. The number of aryl methyl sites for hydroxylation is 1. The topological polar surface area (TPSA) is 60.9 Å². The summed E-state index contributed by atoms with van der Waals surface area (Å²) in [6.45, 7) is 2.77. The van der Waals surface area contributed by atoms with Gasteiger partial charge >= 0.3 is 0 Å². The van der Waals surface area contributed by atoms with Crippen LogP contribution >= 0.6 is 0 Å². The van der Waals surface area contributed by atoms with E-state index in [0.29, 0.717) is 32.6 Å². The van der Waals surface area contributed by atoms with Crippen LogP contribution in [0.15, 0.2) is 60.7 Å². The summed E-state index contributed by atoms with van der Waals surface area (Å²) < 4.78 is 0. The molecule has 5 nitrogen and oxygen atoms in total. The zero-order chi connectivity index (χ0) is 22.3. The number of aliphatic hydroxyl groups excluding tert-OH is 1. The molecule has 5 heteroatoms. The molecule has 0 aromatic heterocycles. The first-order valence-electron chi connectivity index (χ1n) is 12.0. The highest BCUT2D eigenvalue weighted by Crippen LogP contribution is 2.32. The molecule has 1 N–H and O–H groups in total. The van der Waals surface area contributed by atoms with Crippen molar-refractivity contribution < 1.29 is 14.7 Å². The number of hydrogen-bond donors (Lipinski definition) is 1. The molecule has 0 bridgehead atoms. The van der Waals surface area contributed by atoms with E-state index < -0.39 is 6.10 Å². The lowest BCUT2D eigenvalue weighted by molar-refractivity contribution is -0.142. The number of likely N-dealkylation sites (tertiary alicyclic amines) is 2. The Labute approximate surface area is 191 Å². The fourth-order valence-electron chi connectivity index (χ4n) is 5.05. The molecule has 2 aliphatic rings. The molecular formula is C27H34N2O3.